The maximum atomic E-state index is 11.9. The van der Waals surface area contributed by atoms with Gasteiger partial charge in [-0.1, -0.05) is 6.07 Å². The topological polar surface area (TPSA) is 49.6 Å². The summed E-state index contributed by atoms with van der Waals surface area (Å²) in [5.41, 5.74) is 9.05. The molecule has 0 saturated carbocycles. The van der Waals surface area contributed by atoms with Gasteiger partial charge in [0, 0.05) is 30.9 Å². The fourth-order valence-corrected chi connectivity index (χ4v) is 3.21. The summed E-state index contributed by atoms with van der Waals surface area (Å²) in [5.74, 6) is -0.0150. The normalized spacial score (nSPS) is 26.8. The Morgan fingerprint density at radius 3 is 2.84 bits per heavy atom. The molecular formula is C15H21N3O. The van der Waals surface area contributed by atoms with E-state index < -0.39 is 6.04 Å². The fourth-order valence-electron chi connectivity index (χ4n) is 3.21. The van der Waals surface area contributed by atoms with E-state index in [1.807, 2.05) is 6.07 Å². The number of amides is 1. The van der Waals surface area contributed by atoms with Crippen molar-refractivity contribution in [3.05, 3.63) is 23.8 Å². The molecule has 2 atom stereocenters. The average Bonchev–Trinajstić information content (AvgIpc) is 2.64. The molecular weight excluding hydrogens is 238 g/mol. The molecule has 2 N–H and O–H groups in total. The Bertz CT molecular complexity index is 514. The van der Waals surface area contributed by atoms with Crippen LogP contribution < -0.4 is 15.5 Å². The molecule has 2 aliphatic rings. The minimum absolute atomic E-state index is 0.0150. The van der Waals surface area contributed by atoms with Gasteiger partial charge < -0.3 is 15.5 Å². The third-order valence-electron chi connectivity index (χ3n) is 4.44. The summed E-state index contributed by atoms with van der Waals surface area (Å²) in [6.45, 7) is 3.37. The summed E-state index contributed by atoms with van der Waals surface area (Å²) in [6, 6.07) is 6.31. The van der Waals surface area contributed by atoms with Crippen LogP contribution in [0.15, 0.2) is 18.2 Å². The summed E-state index contributed by atoms with van der Waals surface area (Å²) in [4.78, 5) is 16.0. The van der Waals surface area contributed by atoms with Crippen molar-refractivity contribution in [2.24, 2.45) is 5.73 Å². The Morgan fingerprint density at radius 1 is 1.32 bits per heavy atom. The molecule has 1 saturated heterocycles. The number of carbonyl (C=O) groups is 1. The minimum Gasteiger partial charge on any atom is -0.369 e. The van der Waals surface area contributed by atoms with Gasteiger partial charge >= 0.3 is 0 Å². The van der Waals surface area contributed by atoms with E-state index in [4.69, 9.17) is 5.73 Å². The molecule has 3 rings (SSSR count). The van der Waals surface area contributed by atoms with Crippen molar-refractivity contribution >= 4 is 17.3 Å². The molecule has 1 amide bonds. The maximum absolute atomic E-state index is 11.9. The molecule has 0 bridgehead atoms. The van der Waals surface area contributed by atoms with Crippen LogP contribution in [0, 0.1) is 0 Å². The van der Waals surface area contributed by atoms with Crippen molar-refractivity contribution < 1.29 is 4.79 Å². The lowest BCUT2D eigenvalue weighted by Crippen LogP contribution is -2.37. The van der Waals surface area contributed by atoms with E-state index in [1.54, 1.807) is 11.9 Å². The van der Waals surface area contributed by atoms with E-state index in [-0.39, 0.29) is 5.91 Å². The van der Waals surface area contributed by atoms with Gasteiger partial charge in [0.2, 0.25) is 5.91 Å². The SMILES string of the molecule is CC1CCCCN1c1ccc2c(c1)N(C)C(=O)C2N. The molecule has 2 heterocycles. The lowest BCUT2D eigenvalue weighted by molar-refractivity contribution is -0.118. The number of fused-ring (bicyclic) bond motifs is 1. The Morgan fingerprint density at radius 2 is 2.11 bits per heavy atom. The number of rotatable bonds is 1. The number of nitrogens with zero attached hydrogens (tertiary/aromatic N) is 2. The molecule has 0 radical (unpaired) electrons. The van der Waals surface area contributed by atoms with Crippen molar-refractivity contribution in [1.82, 2.24) is 0 Å². The predicted molar refractivity (Wildman–Crippen MR) is 77.4 cm³/mol. The molecule has 102 valence electrons. The number of piperidine rings is 1. The van der Waals surface area contributed by atoms with Gasteiger partial charge in [-0.2, -0.15) is 0 Å². The second-order valence-electron chi connectivity index (χ2n) is 5.66. The molecule has 2 aliphatic heterocycles. The average molecular weight is 259 g/mol. The van der Waals surface area contributed by atoms with Gasteiger partial charge in [0.25, 0.3) is 0 Å². The number of carbonyl (C=O) groups excluding carboxylic acids is 1. The Kier molecular flexibility index (Phi) is 2.97. The molecule has 4 heteroatoms. The molecule has 0 spiro atoms. The lowest BCUT2D eigenvalue weighted by atomic mass is 10.0. The van der Waals surface area contributed by atoms with E-state index in [9.17, 15) is 4.79 Å². The Balaban J connectivity index is 1.96. The zero-order valence-corrected chi connectivity index (χ0v) is 11.6. The number of likely N-dealkylation sites (N-methyl/N-ethyl adjacent to an activating group) is 1. The third-order valence-corrected chi connectivity index (χ3v) is 4.44. The fraction of sp³-hybridized carbons (Fsp3) is 0.533. The molecule has 4 nitrogen and oxygen atoms in total. The summed E-state index contributed by atoms with van der Waals surface area (Å²) < 4.78 is 0. The van der Waals surface area contributed by atoms with Gasteiger partial charge in [-0.3, -0.25) is 4.79 Å². The van der Waals surface area contributed by atoms with Crippen LogP contribution in [0.2, 0.25) is 0 Å². The maximum Gasteiger partial charge on any atom is 0.248 e. The number of anilines is 2. The first-order valence-corrected chi connectivity index (χ1v) is 7.03. The second kappa shape index (κ2) is 4.53. The highest BCUT2D eigenvalue weighted by molar-refractivity contribution is 6.04. The summed E-state index contributed by atoms with van der Waals surface area (Å²) in [7, 11) is 1.80. The first-order valence-electron chi connectivity index (χ1n) is 7.03. The lowest BCUT2D eigenvalue weighted by Gasteiger charge is -2.35. The molecule has 1 aromatic carbocycles. The van der Waals surface area contributed by atoms with Gasteiger partial charge in [0.05, 0.1) is 5.69 Å². The van der Waals surface area contributed by atoms with Crippen molar-refractivity contribution in [3.63, 3.8) is 0 Å². The highest BCUT2D eigenvalue weighted by Gasteiger charge is 2.33. The van der Waals surface area contributed by atoms with Crippen molar-refractivity contribution in [2.75, 3.05) is 23.4 Å². The van der Waals surface area contributed by atoms with Crippen LogP contribution in [0.3, 0.4) is 0 Å². The molecule has 1 aromatic rings. The minimum atomic E-state index is -0.493. The number of benzene rings is 1. The largest absolute Gasteiger partial charge is 0.369 e. The highest BCUT2D eigenvalue weighted by atomic mass is 16.2. The smallest absolute Gasteiger partial charge is 0.248 e. The zero-order chi connectivity index (χ0) is 13.6. The predicted octanol–water partition coefficient (Wildman–Crippen LogP) is 2.04. The van der Waals surface area contributed by atoms with Gasteiger partial charge in [-0.25, -0.2) is 0 Å². The quantitative estimate of drug-likeness (QED) is 0.839. The van der Waals surface area contributed by atoms with Gasteiger partial charge in [0.1, 0.15) is 6.04 Å². The van der Waals surface area contributed by atoms with E-state index in [0.717, 1.165) is 17.8 Å². The molecule has 19 heavy (non-hydrogen) atoms. The van der Waals surface area contributed by atoms with Crippen LogP contribution in [-0.4, -0.2) is 25.5 Å². The third kappa shape index (κ3) is 1.91. The van der Waals surface area contributed by atoms with Crippen LogP contribution >= 0.6 is 0 Å². The molecule has 0 aromatic heterocycles. The summed E-state index contributed by atoms with van der Waals surface area (Å²) in [5, 5.41) is 0. The van der Waals surface area contributed by atoms with E-state index in [2.05, 4.69) is 24.0 Å². The van der Waals surface area contributed by atoms with Crippen LogP contribution in [0.4, 0.5) is 11.4 Å². The first-order chi connectivity index (χ1) is 9.09. The molecule has 2 unspecified atom stereocenters. The van der Waals surface area contributed by atoms with Crippen molar-refractivity contribution in [2.45, 2.75) is 38.3 Å². The van der Waals surface area contributed by atoms with E-state index >= 15 is 0 Å². The number of hydrogen-bond donors (Lipinski definition) is 1. The summed E-state index contributed by atoms with van der Waals surface area (Å²) in [6.07, 6.45) is 3.80. The number of hydrogen-bond acceptors (Lipinski definition) is 3. The Hall–Kier alpha value is -1.55. The van der Waals surface area contributed by atoms with Crippen LogP contribution in [-0.2, 0) is 4.79 Å². The van der Waals surface area contributed by atoms with E-state index in [0.29, 0.717) is 6.04 Å². The van der Waals surface area contributed by atoms with E-state index in [1.165, 1.54) is 24.9 Å². The standard InChI is InChI=1S/C15H21N3O/c1-10-5-3-4-8-18(10)11-6-7-12-13(9-11)17(2)15(19)14(12)16/h6-7,9-10,14H,3-5,8,16H2,1-2H3. The monoisotopic (exact) mass is 259 g/mol. The Labute approximate surface area is 114 Å². The van der Waals surface area contributed by atoms with Crippen LogP contribution in [0.5, 0.6) is 0 Å². The zero-order valence-electron chi connectivity index (χ0n) is 11.6. The molecule has 0 aliphatic carbocycles. The van der Waals surface area contributed by atoms with Crippen molar-refractivity contribution in [3.8, 4) is 0 Å². The second-order valence-corrected chi connectivity index (χ2v) is 5.66. The van der Waals surface area contributed by atoms with Gasteiger partial charge in [-0.15, -0.1) is 0 Å². The van der Waals surface area contributed by atoms with Gasteiger partial charge in [-0.05, 0) is 38.3 Å². The van der Waals surface area contributed by atoms with Crippen LogP contribution in [0.1, 0.15) is 37.8 Å². The first kappa shape index (κ1) is 12.5. The summed E-state index contributed by atoms with van der Waals surface area (Å²) >= 11 is 0. The highest BCUT2D eigenvalue weighted by Crippen LogP contribution is 2.37. The number of nitrogens with two attached hydrogens (primary N) is 1. The van der Waals surface area contributed by atoms with Crippen LogP contribution in [0.25, 0.3) is 0 Å². The van der Waals surface area contributed by atoms with Gasteiger partial charge in [0.15, 0.2) is 0 Å². The molecule has 1 fully saturated rings. The van der Waals surface area contributed by atoms with Crippen molar-refractivity contribution in [1.29, 1.82) is 0 Å².